The Bertz CT molecular complexity index is 422. The van der Waals surface area contributed by atoms with Crippen LogP contribution in [0.3, 0.4) is 0 Å². The normalized spacial score (nSPS) is 18.2. The van der Waals surface area contributed by atoms with Crippen LogP contribution in [0.25, 0.3) is 0 Å². The maximum Gasteiger partial charge on any atom is 0.125 e. The summed E-state index contributed by atoms with van der Waals surface area (Å²) in [6.07, 6.45) is 1.85. The quantitative estimate of drug-likeness (QED) is 0.842. The van der Waals surface area contributed by atoms with Crippen LogP contribution in [0, 0.1) is 0 Å². The van der Waals surface area contributed by atoms with Crippen LogP contribution < -0.4 is 5.32 Å². The zero-order valence-corrected chi connectivity index (χ0v) is 12.8. The van der Waals surface area contributed by atoms with Crippen molar-refractivity contribution in [1.82, 2.24) is 14.8 Å². The van der Waals surface area contributed by atoms with Crippen LogP contribution in [0.2, 0.25) is 0 Å². The molecule has 2 N–H and O–H groups in total. The lowest BCUT2D eigenvalue weighted by Gasteiger charge is -2.37. The largest absolute Gasteiger partial charge is 0.389 e. The third kappa shape index (κ3) is 4.74. The number of nitrogens with one attached hydrogen (secondary N) is 1. The number of nitrogens with zero attached hydrogens (tertiary/aromatic N) is 3. The Morgan fingerprint density at radius 1 is 1.25 bits per heavy atom. The first-order valence-corrected chi connectivity index (χ1v) is 7.26. The SMILES string of the molecule is CNc1cc(CN2CCN(CC(C)(C)O)CC2)ccn1. The zero-order chi connectivity index (χ0) is 14.6. The molecule has 0 bridgehead atoms. The van der Waals surface area contributed by atoms with Gasteiger partial charge in [0.25, 0.3) is 0 Å². The number of β-amino-alcohol motifs (C(OH)–C–C–N with tert-alkyl or cyclic N) is 1. The van der Waals surface area contributed by atoms with Crippen molar-refractivity contribution in [1.29, 1.82) is 0 Å². The monoisotopic (exact) mass is 278 g/mol. The first kappa shape index (κ1) is 15.2. The molecule has 2 rings (SSSR count). The Balaban J connectivity index is 1.82. The second-order valence-electron chi connectivity index (χ2n) is 6.16. The molecule has 1 aromatic rings. The van der Waals surface area contributed by atoms with Gasteiger partial charge in [-0.15, -0.1) is 0 Å². The van der Waals surface area contributed by atoms with Crippen LogP contribution in [0.5, 0.6) is 0 Å². The van der Waals surface area contributed by atoms with E-state index in [1.165, 1.54) is 5.56 Å². The molecule has 1 fully saturated rings. The van der Waals surface area contributed by atoms with Crippen LogP contribution in [-0.4, -0.2) is 65.3 Å². The first-order chi connectivity index (χ1) is 9.46. The van der Waals surface area contributed by atoms with Crippen molar-refractivity contribution < 1.29 is 5.11 Å². The van der Waals surface area contributed by atoms with Gasteiger partial charge in [0.15, 0.2) is 0 Å². The number of anilines is 1. The van der Waals surface area contributed by atoms with Crippen LogP contribution >= 0.6 is 0 Å². The summed E-state index contributed by atoms with van der Waals surface area (Å²) in [6, 6.07) is 4.17. The molecule has 0 radical (unpaired) electrons. The minimum Gasteiger partial charge on any atom is -0.389 e. The molecule has 1 aromatic heterocycles. The van der Waals surface area contributed by atoms with Crippen molar-refractivity contribution in [2.75, 3.05) is 45.1 Å². The molecule has 1 aliphatic rings. The number of pyridine rings is 1. The maximum atomic E-state index is 9.86. The highest BCUT2D eigenvalue weighted by molar-refractivity contribution is 5.36. The van der Waals surface area contributed by atoms with E-state index in [1.54, 1.807) is 0 Å². The third-order valence-electron chi connectivity index (χ3n) is 3.56. The minimum absolute atomic E-state index is 0.602. The fourth-order valence-electron chi connectivity index (χ4n) is 2.62. The predicted molar refractivity (Wildman–Crippen MR) is 81.8 cm³/mol. The Morgan fingerprint density at radius 3 is 2.50 bits per heavy atom. The standard InChI is InChI=1S/C15H26N4O/c1-15(2,20)12-19-8-6-18(7-9-19)11-13-4-5-17-14(10-13)16-3/h4-5,10,20H,6-9,11-12H2,1-3H3,(H,16,17). The average molecular weight is 278 g/mol. The molecule has 5 nitrogen and oxygen atoms in total. The van der Waals surface area contributed by atoms with Gasteiger partial charge in [-0.05, 0) is 31.5 Å². The molecular formula is C15H26N4O. The Kier molecular flexibility index (Phi) is 4.96. The van der Waals surface area contributed by atoms with E-state index in [0.717, 1.165) is 45.1 Å². The lowest BCUT2D eigenvalue weighted by atomic mass is 10.1. The molecule has 0 saturated carbocycles. The molecule has 20 heavy (non-hydrogen) atoms. The summed E-state index contributed by atoms with van der Waals surface area (Å²) in [5.74, 6) is 0.920. The summed E-state index contributed by atoms with van der Waals surface area (Å²) in [7, 11) is 1.89. The van der Waals surface area contributed by atoms with Crippen molar-refractivity contribution in [3.63, 3.8) is 0 Å². The van der Waals surface area contributed by atoms with Gasteiger partial charge in [-0.1, -0.05) is 0 Å². The van der Waals surface area contributed by atoms with Crippen LogP contribution in [-0.2, 0) is 6.54 Å². The zero-order valence-electron chi connectivity index (χ0n) is 12.8. The van der Waals surface area contributed by atoms with E-state index < -0.39 is 5.60 Å². The number of hydrogen-bond acceptors (Lipinski definition) is 5. The summed E-state index contributed by atoms with van der Waals surface area (Å²) in [5, 5.41) is 12.9. The van der Waals surface area contributed by atoms with Gasteiger partial charge >= 0.3 is 0 Å². The topological polar surface area (TPSA) is 51.6 Å². The Hall–Kier alpha value is -1.17. The Morgan fingerprint density at radius 2 is 1.90 bits per heavy atom. The number of hydrogen-bond donors (Lipinski definition) is 2. The Labute approximate surface area is 121 Å². The van der Waals surface area contributed by atoms with Gasteiger partial charge in [-0.3, -0.25) is 9.80 Å². The predicted octanol–water partition coefficient (Wildman–Crippen LogP) is 1.01. The van der Waals surface area contributed by atoms with Crippen LogP contribution in [0.4, 0.5) is 5.82 Å². The van der Waals surface area contributed by atoms with Gasteiger partial charge < -0.3 is 10.4 Å². The van der Waals surface area contributed by atoms with Crippen molar-refractivity contribution in [2.45, 2.75) is 26.0 Å². The summed E-state index contributed by atoms with van der Waals surface area (Å²) in [4.78, 5) is 9.03. The molecule has 0 spiro atoms. The van der Waals surface area contributed by atoms with E-state index in [4.69, 9.17) is 0 Å². The molecule has 0 amide bonds. The van der Waals surface area contributed by atoms with E-state index in [2.05, 4.69) is 32.2 Å². The second-order valence-corrected chi connectivity index (χ2v) is 6.16. The lowest BCUT2D eigenvalue weighted by Crippen LogP contribution is -2.50. The highest BCUT2D eigenvalue weighted by Gasteiger charge is 2.22. The van der Waals surface area contributed by atoms with E-state index in [1.807, 2.05) is 27.1 Å². The number of aromatic nitrogens is 1. The highest BCUT2D eigenvalue weighted by Crippen LogP contribution is 2.13. The maximum absolute atomic E-state index is 9.86. The van der Waals surface area contributed by atoms with Gasteiger partial charge in [-0.25, -0.2) is 4.98 Å². The average Bonchev–Trinajstić information content (AvgIpc) is 2.40. The van der Waals surface area contributed by atoms with Crippen LogP contribution in [0.1, 0.15) is 19.4 Å². The van der Waals surface area contributed by atoms with E-state index in [9.17, 15) is 5.11 Å². The molecule has 0 atom stereocenters. The molecule has 0 aromatic carbocycles. The van der Waals surface area contributed by atoms with Gasteiger partial charge in [-0.2, -0.15) is 0 Å². The third-order valence-corrected chi connectivity index (χ3v) is 3.56. The highest BCUT2D eigenvalue weighted by atomic mass is 16.3. The number of aliphatic hydroxyl groups is 1. The van der Waals surface area contributed by atoms with Crippen molar-refractivity contribution in [2.24, 2.45) is 0 Å². The molecular weight excluding hydrogens is 252 g/mol. The fraction of sp³-hybridized carbons (Fsp3) is 0.667. The molecule has 112 valence electrons. The van der Waals surface area contributed by atoms with Crippen molar-refractivity contribution in [3.05, 3.63) is 23.9 Å². The van der Waals surface area contributed by atoms with E-state index in [0.29, 0.717) is 0 Å². The fourth-order valence-corrected chi connectivity index (χ4v) is 2.62. The number of piperazine rings is 1. The van der Waals surface area contributed by atoms with Gasteiger partial charge in [0.2, 0.25) is 0 Å². The minimum atomic E-state index is -0.602. The van der Waals surface area contributed by atoms with Crippen molar-refractivity contribution >= 4 is 5.82 Å². The first-order valence-electron chi connectivity index (χ1n) is 7.26. The summed E-state index contributed by atoms with van der Waals surface area (Å²) >= 11 is 0. The van der Waals surface area contributed by atoms with Gasteiger partial charge in [0, 0.05) is 52.5 Å². The molecule has 1 aliphatic heterocycles. The lowest BCUT2D eigenvalue weighted by molar-refractivity contribution is 0.0167. The molecule has 2 heterocycles. The van der Waals surface area contributed by atoms with Gasteiger partial charge in [0.05, 0.1) is 5.60 Å². The second kappa shape index (κ2) is 6.52. The summed E-state index contributed by atoms with van der Waals surface area (Å²) < 4.78 is 0. The molecule has 1 saturated heterocycles. The van der Waals surface area contributed by atoms with E-state index in [-0.39, 0.29) is 0 Å². The van der Waals surface area contributed by atoms with Gasteiger partial charge in [0.1, 0.15) is 5.82 Å². The molecule has 5 heteroatoms. The summed E-state index contributed by atoms with van der Waals surface area (Å²) in [6.45, 7) is 9.60. The smallest absolute Gasteiger partial charge is 0.125 e. The molecule has 0 aliphatic carbocycles. The molecule has 0 unspecified atom stereocenters. The summed E-state index contributed by atoms with van der Waals surface area (Å²) in [5.41, 5.74) is 0.690. The van der Waals surface area contributed by atoms with Crippen LogP contribution in [0.15, 0.2) is 18.3 Å². The van der Waals surface area contributed by atoms with Crippen molar-refractivity contribution in [3.8, 4) is 0 Å². The number of rotatable bonds is 5. The van der Waals surface area contributed by atoms with E-state index >= 15 is 0 Å².